The highest BCUT2D eigenvalue weighted by atomic mass is 16.5. The van der Waals surface area contributed by atoms with Crippen molar-refractivity contribution in [1.29, 1.82) is 0 Å². The van der Waals surface area contributed by atoms with Crippen LogP contribution >= 0.6 is 0 Å². The van der Waals surface area contributed by atoms with Gasteiger partial charge in [0.15, 0.2) is 5.82 Å². The SMILES string of the molecule is COc1ccc2ccccc2c1Cn1ccnc1-c1cnc(C)n1C. The van der Waals surface area contributed by atoms with Crippen LogP contribution in [0.1, 0.15) is 11.4 Å². The fourth-order valence-corrected chi connectivity index (χ4v) is 3.22. The molecule has 0 N–H and O–H groups in total. The van der Waals surface area contributed by atoms with Crippen molar-refractivity contribution in [2.24, 2.45) is 7.05 Å². The first-order valence-electron chi connectivity index (χ1n) is 8.23. The maximum atomic E-state index is 5.62. The predicted molar refractivity (Wildman–Crippen MR) is 98.8 cm³/mol. The van der Waals surface area contributed by atoms with Crippen LogP contribution in [0.4, 0.5) is 0 Å². The van der Waals surface area contributed by atoms with E-state index in [2.05, 4.69) is 49.4 Å². The van der Waals surface area contributed by atoms with Crippen LogP contribution in [0.15, 0.2) is 55.0 Å². The summed E-state index contributed by atoms with van der Waals surface area (Å²) < 4.78 is 9.82. The van der Waals surface area contributed by atoms with Crippen molar-refractivity contribution in [3.63, 3.8) is 0 Å². The molecule has 0 aliphatic carbocycles. The molecule has 0 radical (unpaired) electrons. The number of hydrogen-bond acceptors (Lipinski definition) is 3. The molecule has 0 fully saturated rings. The van der Waals surface area contributed by atoms with Crippen LogP contribution in [0.25, 0.3) is 22.3 Å². The van der Waals surface area contributed by atoms with Crippen LogP contribution in [0, 0.1) is 6.92 Å². The first-order chi connectivity index (χ1) is 12.2. The van der Waals surface area contributed by atoms with Gasteiger partial charge in [-0.2, -0.15) is 0 Å². The van der Waals surface area contributed by atoms with E-state index in [4.69, 9.17) is 4.74 Å². The molecule has 0 aliphatic rings. The first kappa shape index (κ1) is 15.4. The van der Waals surface area contributed by atoms with Crippen LogP contribution in [0.5, 0.6) is 5.75 Å². The molecule has 2 aromatic carbocycles. The van der Waals surface area contributed by atoms with Gasteiger partial charge in [-0.25, -0.2) is 9.97 Å². The second-order valence-corrected chi connectivity index (χ2v) is 6.10. The number of nitrogens with zero attached hydrogens (tertiary/aromatic N) is 4. The van der Waals surface area contributed by atoms with Gasteiger partial charge in [0.05, 0.1) is 19.9 Å². The number of rotatable bonds is 4. The van der Waals surface area contributed by atoms with Crippen molar-refractivity contribution in [2.75, 3.05) is 7.11 Å². The number of methoxy groups -OCH3 is 1. The lowest BCUT2D eigenvalue weighted by Crippen LogP contribution is -2.06. The average molecular weight is 332 g/mol. The van der Waals surface area contributed by atoms with Crippen LogP contribution in [-0.4, -0.2) is 26.2 Å². The summed E-state index contributed by atoms with van der Waals surface area (Å²) in [5.74, 6) is 2.75. The molecule has 2 heterocycles. The Morgan fingerprint density at radius 2 is 1.92 bits per heavy atom. The van der Waals surface area contributed by atoms with Crippen molar-refractivity contribution >= 4 is 10.8 Å². The summed E-state index contributed by atoms with van der Waals surface area (Å²) in [4.78, 5) is 8.94. The summed E-state index contributed by atoms with van der Waals surface area (Å²) >= 11 is 0. The summed E-state index contributed by atoms with van der Waals surface area (Å²) in [6.45, 7) is 2.68. The minimum absolute atomic E-state index is 0.685. The molecule has 0 saturated heterocycles. The van der Waals surface area contributed by atoms with E-state index in [0.29, 0.717) is 6.54 Å². The van der Waals surface area contributed by atoms with Gasteiger partial charge in [0.25, 0.3) is 0 Å². The third kappa shape index (κ3) is 2.58. The van der Waals surface area contributed by atoms with Gasteiger partial charge in [0, 0.05) is 25.0 Å². The van der Waals surface area contributed by atoms with Crippen molar-refractivity contribution in [3.05, 3.63) is 66.4 Å². The second kappa shape index (κ2) is 6.09. The van der Waals surface area contributed by atoms with Gasteiger partial charge in [-0.3, -0.25) is 0 Å². The van der Waals surface area contributed by atoms with Crippen LogP contribution in [-0.2, 0) is 13.6 Å². The lowest BCUT2D eigenvalue weighted by Gasteiger charge is -2.14. The monoisotopic (exact) mass is 332 g/mol. The zero-order chi connectivity index (χ0) is 17.4. The Labute approximate surface area is 146 Å². The van der Waals surface area contributed by atoms with E-state index in [0.717, 1.165) is 28.7 Å². The molecule has 0 atom stereocenters. The zero-order valence-electron chi connectivity index (χ0n) is 14.6. The number of hydrogen-bond donors (Lipinski definition) is 0. The summed E-state index contributed by atoms with van der Waals surface area (Å²) in [7, 11) is 3.72. The van der Waals surface area contributed by atoms with Gasteiger partial charge in [-0.05, 0) is 23.8 Å². The van der Waals surface area contributed by atoms with Crippen LogP contribution in [0.3, 0.4) is 0 Å². The van der Waals surface area contributed by atoms with Gasteiger partial charge in [-0.1, -0.05) is 30.3 Å². The highest BCUT2D eigenvalue weighted by Crippen LogP contribution is 2.30. The molecule has 0 saturated carbocycles. The number of aryl methyl sites for hydroxylation is 1. The Morgan fingerprint density at radius 1 is 1.08 bits per heavy atom. The molecule has 0 unspecified atom stereocenters. The molecule has 0 aliphatic heterocycles. The summed E-state index contributed by atoms with van der Waals surface area (Å²) in [5.41, 5.74) is 2.15. The van der Waals surface area contributed by atoms with E-state index in [9.17, 15) is 0 Å². The molecule has 0 bridgehead atoms. The predicted octanol–water partition coefficient (Wildman–Crippen LogP) is 3.80. The van der Waals surface area contributed by atoms with E-state index >= 15 is 0 Å². The Hall–Kier alpha value is -3.08. The molecule has 5 nitrogen and oxygen atoms in total. The molecular weight excluding hydrogens is 312 g/mol. The Kier molecular flexibility index (Phi) is 3.76. The third-order valence-corrected chi connectivity index (χ3v) is 4.71. The van der Waals surface area contributed by atoms with Gasteiger partial charge >= 0.3 is 0 Å². The van der Waals surface area contributed by atoms with E-state index in [1.807, 2.05) is 38.6 Å². The van der Waals surface area contributed by atoms with Crippen molar-refractivity contribution in [2.45, 2.75) is 13.5 Å². The fraction of sp³-hybridized carbons (Fsp3) is 0.200. The first-order valence-corrected chi connectivity index (χ1v) is 8.23. The molecule has 126 valence electrons. The summed E-state index contributed by atoms with van der Waals surface area (Å²) in [6, 6.07) is 12.5. The number of imidazole rings is 2. The standard InChI is InChI=1S/C20H20N4O/c1-14-22-12-18(23(14)2)20-21-10-11-24(20)13-17-16-7-5-4-6-15(16)8-9-19(17)25-3/h4-12H,13H2,1-3H3. The zero-order valence-corrected chi connectivity index (χ0v) is 14.6. The van der Waals surface area contributed by atoms with Crippen LogP contribution in [0.2, 0.25) is 0 Å². The highest BCUT2D eigenvalue weighted by Gasteiger charge is 2.15. The number of fused-ring (bicyclic) bond motifs is 1. The summed E-state index contributed by atoms with van der Waals surface area (Å²) in [5, 5.41) is 2.40. The maximum Gasteiger partial charge on any atom is 0.158 e. The minimum Gasteiger partial charge on any atom is -0.496 e. The quantitative estimate of drug-likeness (QED) is 0.571. The molecule has 4 rings (SSSR count). The minimum atomic E-state index is 0.685. The van der Waals surface area contributed by atoms with E-state index in [-0.39, 0.29) is 0 Å². The topological polar surface area (TPSA) is 44.9 Å². The van der Waals surface area contributed by atoms with E-state index in [1.54, 1.807) is 7.11 Å². The molecule has 2 aromatic heterocycles. The highest BCUT2D eigenvalue weighted by molar-refractivity contribution is 5.87. The molecule has 25 heavy (non-hydrogen) atoms. The lowest BCUT2D eigenvalue weighted by molar-refractivity contribution is 0.409. The van der Waals surface area contributed by atoms with Crippen molar-refractivity contribution in [3.8, 4) is 17.3 Å². The molecule has 0 amide bonds. The molecule has 5 heteroatoms. The number of benzene rings is 2. The maximum absolute atomic E-state index is 5.62. The van der Waals surface area contributed by atoms with Gasteiger partial charge in [0.2, 0.25) is 0 Å². The van der Waals surface area contributed by atoms with Crippen molar-refractivity contribution in [1.82, 2.24) is 19.1 Å². The molecular formula is C20H20N4O. The Balaban J connectivity index is 1.84. The fourth-order valence-electron chi connectivity index (χ4n) is 3.22. The molecule has 0 spiro atoms. The van der Waals surface area contributed by atoms with Crippen molar-refractivity contribution < 1.29 is 4.74 Å². The molecule has 4 aromatic rings. The van der Waals surface area contributed by atoms with Crippen LogP contribution < -0.4 is 4.74 Å². The summed E-state index contributed by atoms with van der Waals surface area (Å²) in [6.07, 6.45) is 5.70. The number of aromatic nitrogens is 4. The second-order valence-electron chi connectivity index (χ2n) is 6.10. The van der Waals surface area contributed by atoms with Gasteiger partial charge in [0.1, 0.15) is 17.3 Å². The normalized spacial score (nSPS) is 11.2. The Morgan fingerprint density at radius 3 is 2.68 bits per heavy atom. The third-order valence-electron chi connectivity index (χ3n) is 4.71. The largest absolute Gasteiger partial charge is 0.496 e. The number of ether oxygens (including phenoxy) is 1. The van der Waals surface area contributed by atoms with E-state index < -0.39 is 0 Å². The Bertz CT molecular complexity index is 1040. The smallest absolute Gasteiger partial charge is 0.158 e. The van der Waals surface area contributed by atoms with E-state index in [1.165, 1.54) is 10.8 Å². The average Bonchev–Trinajstić information content (AvgIpc) is 3.22. The van der Waals surface area contributed by atoms with Gasteiger partial charge in [-0.15, -0.1) is 0 Å². The lowest BCUT2D eigenvalue weighted by atomic mass is 10.0. The van der Waals surface area contributed by atoms with Gasteiger partial charge < -0.3 is 13.9 Å².